The Bertz CT molecular complexity index is 943. The molecule has 0 aliphatic carbocycles. The van der Waals surface area contributed by atoms with E-state index in [-0.39, 0.29) is 0 Å². The minimum atomic E-state index is 0.413. The second-order valence-electron chi connectivity index (χ2n) is 5.73. The van der Waals surface area contributed by atoms with Crippen LogP contribution in [0.4, 0.5) is 0 Å². The Morgan fingerprint density at radius 2 is 1.76 bits per heavy atom. The smallest absolute Gasteiger partial charge is 0.157 e. The van der Waals surface area contributed by atoms with Crippen molar-refractivity contribution < 1.29 is 4.74 Å². The number of halogens is 2. The zero-order valence-electron chi connectivity index (χ0n) is 13.3. The first kappa shape index (κ1) is 16.8. The van der Waals surface area contributed by atoms with Gasteiger partial charge in [0.15, 0.2) is 5.75 Å². The number of nitrogens with zero attached hydrogens (tertiary/aromatic N) is 1. The molecule has 0 radical (unpaired) electrons. The summed E-state index contributed by atoms with van der Waals surface area (Å²) in [5.41, 5.74) is 2.06. The van der Waals surface area contributed by atoms with Crippen molar-refractivity contribution in [2.75, 3.05) is 12.3 Å². The van der Waals surface area contributed by atoms with Gasteiger partial charge in [0.1, 0.15) is 6.61 Å². The molecular weight excluding hydrogens is 373 g/mol. The monoisotopic (exact) mass is 387 g/mol. The van der Waals surface area contributed by atoms with Crippen molar-refractivity contribution in [3.8, 4) is 5.75 Å². The molecule has 1 heterocycles. The summed E-state index contributed by atoms with van der Waals surface area (Å²) in [7, 11) is 0. The first-order valence-corrected chi connectivity index (χ1v) is 9.72. The van der Waals surface area contributed by atoms with Crippen LogP contribution in [0.25, 0.3) is 10.8 Å². The SMILES string of the molecule is Clc1cc(C2=NCCS2)cc(Cl)c1OCc1cccc2ccccc12. The molecule has 3 aromatic carbocycles. The summed E-state index contributed by atoms with van der Waals surface area (Å²) in [5.74, 6) is 1.52. The van der Waals surface area contributed by atoms with E-state index in [0.29, 0.717) is 22.4 Å². The molecule has 0 N–H and O–H groups in total. The van der Waals surface area contributed by atoms with Crippen molar-refractivity contribution in [1.82, 2.24) is 0 Å². The second kappa shape index (κ2) is 7.28. The van der Waals surface area contributed by atoms with Gasteiger partial charge in [0.25, 0.3) is 0 Å². The molecule has 126 valence electrons. The average molecular weight is 388 g/mol. The van der Waals surface area contributed by atoms with Crippen LogP contribution in [0.15, 0.2) is 59.6 Å². The van der Waals surface area contributed by atoms with Gasteiger partial charge in [-0.1, -0.05) is 65.7 Å². The molecule has 0 unspecified atom stereocenters. The van der Waals surface area contributed by atoms with E-state index >= 15 is 0 Å². The van der Waals surface area contributed by atoms with E-state index in [0.717, 1.165) is 28.5 Å². The zero-order valence-corrected chi connectivity index (χ0v) is 15.7. The lowest BCUT2D eigenvalue weighted by molar-refractivity contribution is 0.308. The molecule has 0 spiro atoms. The Morgan fingerprint density at radius 1 is 1.00 bits per heavy atom. The molecule has 0 fully saturated rings. The van der Waals surface area contributed by atoms with Crippen LogP contribution in [-0.4, -0.2) is 17.3 Å². The maximum absolute atomic E-state index is 6.42. The number of hydrogen-bond donors (Lipinski definition) is 0. The number of aliphatic imine (C=N–C) groups is 1. The number of benzene rings is 3. The lowest BCUT2D eigenvalue weighted by Gasteiger charge is -2.13. The van der Waals surface area contributed by atoms with Crippen molar-refractivity contribution in [1.29, 1.82) is 0 Å². The highest BCUT2D eigenvalue weighted by Gasteiger charge is 2.16. The molecule has 0 amide bonds. The molecule has 25 heavy (non-hydrogen) atoms. The lowest BCUT2D eigenvalue weighted by Crippen LogP contribution is -1.99. The zero-order chi connectivity index (χ0) is 17.2. The number of rotatable bonds is 4. The van der Waals surface area contributed by atoms with Gasteiger partial charge in [-0.3, -0.25) is 4.99 Å². The van der Waals surface area contributed by atoms with E-state index in [4.69, 9.17) is 27.9 Å². The fraction of sp³-hybridized carbons (Fsp3) is 0.150. The van der Waals surface area contributed by atoms with Crippen molar-refractivity contribution in [3.63, 3.8) is 0 Å². The van der Waals surface area contributed by atoms with Crippen LogP contribution < -0.4 is 4.74 Å². The van der Waals surface area contributed by atoms with Crippen molar-refractivity contribution in [2.45, 2.75) is 6.61 Å². The Kier molecular flexibility index (Phi) is 4.89. The van der Waals surface area contributed by atoms with Crippen molar-refractivity contribution >= 4 is 50.8 Å². The van der Waals surface area contributed by atoms with Gasteiger partial charge in [-0.2, -0.15) is 0 Å². The molecule has 2 nitrogen and oxygen atoms in total. The van der Waals surface area contributed by atoms with Gasteiger partial charge >= 0.3 is 0 Å². The van der Waals surface area contributed by atoms with Crippen LogP contribution in [-0.2, 0) is 6.61 Å². The van der Waals surface area contributed by atoms with E-state index in [1.165, 1.54) is 10.8 Å². The molecule has 4 rings (SSSR count). The van der Waals surface area contributed by atoms with Gasteiger partial charge in [-0.05, 0) is 28.5 Å². The van der Waals surface area contributed by atoms with E-state index in [1.54, 1.807) is 11.8 Å². The Hall–Kier alpha value is -1.68. The minimum Gasteiger partial charge on any atom is -0.486 e. The topological polar surface area (TPSA) is 21.6 Å². The molecular formula is C20H15Cl2NOS. The summed E-state index contributed by atoms with van der Waals surface area (Å²) < 4.78 is 5.97. The third kappa shape index (κ3) is 3.50. The molecule has 0 bridgehead atoms. The van der Waals surface area contributed by atoms with Gasteiger partial charge in [-0.25, -0.2) is 0 Å². The first-order valence-electron chi connectivity index (χ1n) is 7.98. The maximum atomic E-state index is 6.42. The predicted molar refractivity (Wildman–Crippen MR) is 109 cm³/mol. The van der Waals surface area contributed by atoms with Gasteiger partial charge < -0.3 is 4.74 Å². The molecule has 0 saturated carbocycles. The second-order valence-corrected chi connectivity index (χ2v) is 7.63. The highest BCUT2D eigenvalue weighted by Crippen LogP contribution is 2.36. The van der Waals surface area contributed by atoms with Gasteiger partial charge in [0.2, 0.25) is 0 Å². The first-order chi connectivity index (χ1) is 12.2. The number of fused-ring (bicyclic) bond motifs is 1. The summed E-state index contributed by atoms with van der Waals surface area (Å²) >= 11 is 14.6. The average Bonchev–Trinajstić information content (AvgIpc) is 3.15. The highest BCUT2D eigenvalue weighted by atomic mass is 35.5. The minimum absolute atomic E-state index is 0.413. The van der Waals surface area contributed by atoms with Gasteiger partial charge in [-0.15, -0.1) is 11.8 Å². The van der Waals surface area contributed by atoms with Crippen LogP contribution >= 0.6 is 35.0 Å². The van der Waals surface area contributed by atoms with E-state index in [1.807, 2.05) is 30.3 Å². The van der Waals surface area contributed by atoms with Crippen LogP contribution in [0.1, 0.15) is 11.1 Å². The molecule has 0 saturated heterocycles. The molecule has 0 atom stereocenters. The van der Waals surface area contributed by atoms with Crippen LogP contribution in [0.2, 0.25) is 10.0 Å². The maximum Gasteiger partial charge on any atom is 0.157 e. The Labute approximate surface area is 160 Å². The van der Waals surface area contributed by atoms with Crippen molar-refractivity contribution in [2.24, 2.45) is 4.99 Å². The fourth-order valence-electron chi connectivity index (χ4n) is 2.90. The summed E-state index contributed by atoms with van der Waals surface area (Å²) in [4.78, 5) is 4.47. The number of ether oxygens (including phenoxy) is 1. The highest BCUT2D eigenvalue weighted by molar-refractivity contribution is 8.14. The van der Waals surface area contributed by atoms with E-state index in [9.17, 15) is 0 Å². The third-order valence-electron chi connectivity index (χ3n) is 4.08. The Morgan fingerprint density at radius 3 is 2.52 bits per heavy atom. The quantitative estimate of drug-likeness (QED) is 0.529. The van der Waals surface area contributed by atoms with Gasteiger partial charge in [0, 0.05) is 17.9 Å². The van der Waals surface area contributed by atoms with Crippen LogP contribution in [0.3, 0.4) is 0 Å². The fourth-order valence-corrected chi connectivity index (χ4v) is 4.34. The summed E-state index contributed by atoms with van der Waals surface area (Å²) in [5, 5.41) is 4.37. The molecule has 0 aromatic heterocycles. The predicted octanol–water partition coefficient (Wildman–Crippen LogP) is 6.22. The molecule has 5 heteroatoms. The summed E-state index contributed by atoms with van der Waals surface area (Å²) in [6, 6.07) is 18.2. The summed E-state index contributed by atoms with van der Waals surface area (Å²) in [6.07, 6.45) is 0. The van der Waals surface area contributed by atoms with E-state index in [2.05, 4.69) is 29.3 Å². The van der Waals surface area contributed by atoms with Crippen LogP contribution in [0, 0.1) is 0 Å². The summed E-state index contributed by atoms with van der Waals surface area (Å²) in [6.45, 7) is 1.25. The molecule has 1 aliphatic rings. The normalized spacial score (nSPS) is 13.9. The standard InChI is InChI=1S/C20H15Cl2NOS/c21-17-10-15(20-23-8-9-25-20)11-18(22)19(17)24-12-14-6-3-5-13-4-1-2-7-16(13)14/h1-7,10-11H,8-9,12H2. The Balaban J connectivity index is 1.60. The largest absolute Gasteiger partial charge is 0.486 e. The lowest BCUT2D eigenvalue weighted by atomic mass is 10.1. The van der Waals surface area contributed by atoms with Crippen LogP contribution in [0.5, 0.6) is 5.75 Å². The number of hydrogen-bond acceptors (Lipinski definition) is 3. The van der Waals surface area contributed by atoms with Gasteiger partial charge in [0.05, 0.1) is 15.1 Å². The molecule has 1 aliphatic heterocycles. The number of thioether (sulfide) groups is 1. The third-order valence-corrected chi connectivity index (χ3v) is 5.67. The van der Waals surface area contributed by atoms with Crippen molar-refractivity contribution in [3.05, 3.63) is 75.8 Å². The molecule has 3 aromatic rings. The van der Waals surface area contributed by atoms with E-state index < -0.39 is 0 Å².